The van der Waals surface area contributed by atoms with E-state index in [0.717, 1.165) is 52.9 Å². The summed E-state index contributed by atoms with van der Waals surface area (Å²) in [6, 6.07) is 23.5. The Kier molecular flexibility index (Phi) is 5.23. The van der Waals surface area contributed by atoms with Gasteiger partial charge in [-0.05, 0) is 73.4 Å². The van der Waals surface area contributed by atoms with Crippen molar-refractivity contribution in [2.24, 2.45) is 5.73 Å². The molecular weight excluding hydrogens is 450 g/mol. The number of pyridine rings is 2. The molecule has 1 aliphatic rings. The van der Waals surface area contributed by atoms with Crippen LogP contribution in [0.15, 0.2) is 79.0 Å². The highest BCUT2D eigenvalue weighted by Gasteiger charge is 2.34. The molecule has 178 valence electrons. The third-order valence-electron chi connectivity index (χ3n) is 6.91. The van der Waals surface area contributed by atoms with E-state index in [9.17, 15) is 4.79 Å². The highest BCUT2D eigenvalue weighted by Crippen LogP contribution is 2.39. The van der Waals surface area contributed by atoms with Crippen LogP contribution < -0.4 is 16.8 Å². The lowest BCUT2D eigenvalue weighted by Gasteiger charge is -2.38. The van der Waals surface area contributed by atoms with Crippen molar-refractivity contribution in [2.45, 2.75) is 24.8 Å². The lowest BCUT2D eigenvalue weighted by molar-refractivity contribution is -0.105. The number of amides is 1. The number of hydrogen-bond acceptors (Lipinski definition) is 6. The van der Waals surface area contributed by atoms with Gasteiger partial charge in [0, 0.05) is 28.7 Å². The normalized spacial score (nSPS) is 14.4. The summed E-state index contributed by atoms with van der Waals surface area (Å²) in [6.45, 7) is 0. The van der Waals surface area contributed by atoms with Crippen LogP contribution in [0.1, 0.15) is 24.8 Å². The minimum Gasteiger partial charge on any atom is -0.383 e. The fraction of sp³-hybridized carbons (Fsp3) is 0.143. The molecule has 5 N–H and O–H groups in total. The van der Waals surface area contributed by atoms with E-state index in [1.165, 1.54) is 0 Å². The van der Waals surface area contributed by atoms with Crippen LogP contribution in [0.3, 0.4) is 0 Å². The maximum Gasteiger partial charge on any atom is 0.211 e. The fourth-order valence-electron chi connectivity index (χ4n) is 4.78. The summed E-state index contributed by atoms with van der Waals surface area (Å²) in [4.78, 5) is 25.1. The van der Waals surface area contributed by atoms with Gasteiger partial charge >= 0.3 is 0 Å². The lowest BCUT2D eigenvalue weighted by atomic mass is 9.73. The Hall–Kier alpha value is -4.56. The molecule has 36 heavy (non-hydrogen) atoms. The molecule has 1 saturated carbocycles. The van der Waals surface area contributed by atoms with Gasteiger partial charge in [0.25, 0.3) is 0 Å². The largest absolute Gasteiger partial charge is 0.383 e. The second-order valence-electron chi connectivity index (χ2n) is 9.15. The number of imidazole rings is 1. The first-order chi connectivity index (χ1) is 17.6. The van der Waals surface area contributed by atoms with Crippen LogP contribution in [0.5, 0.6) is 0 Å². The molecular formula is C28H25N7O. The molecule has 1 fully saturated rings. The molecule has 0 spiro atoms. The Morgan fingerprint density at radius 2 is 1.81 bits per heavy atom. The summed E-state index contributed by atoms with van der Waals surface area (Å²) in [5.41, 5.74) is 19.1. The van der Waals surface area contributed by atoms with Crippen molar-refractivity contribution in [3.05, 3.63) is 84.6 Å². The Balaban J connectivity index is 1.54. The average molecular weight is 476 g/mol. The first-order valence-corrected chi connectivity index (χ1v) is 11.9. The highest BCUT2D eigenvalue weighted by molar-refractivity contribution is 5.85. The Labute approximate surface area is 208 Å². The second kappa shape index (κ2) is 8.58. The number of nitrogen functional groups attached to an aromatic ring is 1. The van der Waals surface area contributed by atoms with Crippen LogP contribution in [-0.4, -0.2) is 25.9 Å². The number of hydrogen-bond donors (Lipinski definition) is 3. The third-order valence-corrected chi connectivity index (χ3v) is 6.91. The smallest absolute Gasteiger partial charge is 0.211 e. The van der Waals surface area contributed by atoms with Gasteiger partial charge in [-0.3, -0.25) is 9.36 Å². The van der Waals surface area contributed by atoms with Gasteiger partial charge in [0.2, 0.25) is 6.41 Å². The molecule has 1 aliphatic carbocycles. The SMILES string of the molecule is Nc1ncccc1-c1nc2ccc(-c3cccc(NC=O)c3)nc2n1-c1ccc(C2(N)CCC2)cc1. The number of nitrogens with two attached hydrogens (primary N) is 2. The predicted molar refractivity (Wildman–Crippen MR) is 141 cm³/mol. The van der Waals surface area contributed by atoms with Gasteiger partial charge in [-0.2, -0.15) is 0 Å². The molecule has 0 aliphatic heterocycles. The first kappa shape index (κ1) is 21.9. The molecule has 8 heteroatoms. The topological polar surface area (TPSA) is 125 Å². The molecule has 5 aromatic rings. The molecule has 6 rings (SSSR count). The van der Waals surface area contributed by atoms with Gasteiger partial charge < -0.3 is 16.8 Å². The van der Waals surface area contributed by atoms with Gasteiger partial charge in [-0.15, -0.1) is 0 Å². The quantitative estimate of drug-likeness (QED) is 0.307. The maximum atomic E-state index is 10.9. The monoisotopic (exact) mass is 475 g/mol. The number of benzene rings is 2. The molecule has 0 bridgehead atoms. The molecule has 3 heterocycles. The van der Waals surface area contributed by atoms with E-state index >= 15 is 0 Å². The van der Waals surface area contributed by atoms with Crippen LogP contribution >= 0.6 is 0 Å². The summed E-state index contributed by atoms with van der Waals surface area (Å²) in [5, 5.41) is 2.69. The Morgan fingerprint density at radius 3 is 2.53 bits per heavy atom. The number of carbonyl (C=O) groups is 1. The Bertz CT molecular complexity index is 1590. The van der Waals surface area contributed by atoms with Crippen molar-refractivity contribution in [3.8, 4) is 28.3 Å². The van der Waals surface area contributed by atoms with Gasteiger partial charge in [0.1, 0.15) is 11.3 Å². The zero-order chi connectivity index (χ0) is 24.7. The van der Waals surface area contributed by atoms with E-state index in [4.69, 9.17) is 21.4 Å². The number of rotatable bonds is 6. The van der Waals surface area contributed by atoms with Crippen LogP contribution in [0, 0.1) is 0 Å². The first-order valence-electron chi connectivity index (χ1n) is 11.9. The molecule has 0 saturated heterocycles. The molecule has 0 unspecified atom stereocenters. The van der Waals surface area contributed by atoms with Crippen molar-refractivity contribution < 1.29 is 4.79 Å². The van der Waals surface area contributed by atoms with E-state index in [0.29, 0.717) is 29.4 Å². The highest BCUT2D eigenvalue weighted by atomic mass is 16.1. The summed E-state index contributed by atoms with van der Waals surface area (Å²) >= 11 is 0. The number of anilines is 2. The van der Waals surface area contributed by atoms with Crippen LogP contribution in [0.2, 0.25) is 0 Å². The Morgan fingerprint density at radius 1 is 0.972 bits per heavy atom. The standard InChI is InChI=1S/C28H25N7O/c29-25-22(6-2-15-31-25)26-34-24-12-11-23(18-4-1-5-20(16-18)32-17-36)33-27(24)35(26)21-9-7-19(8-10-21)28(30)13-3-14-28/h1-2,4-12,15-17H,3,13-14,30H2,(H2,29,31)(H,32,36). The van der Waals surface area contributed by atoms with Crippen molar-refractivity contribution >= 4 is 29.1 Å². The third kappa shape index (κ3) is 3.68. The molecule has 8 nitrogen and oxygen atoms in total. The van der Waals surface area contributed by atoms with Crippen molar-refractivity contribution in [3.63, 3.8) is 0 Å². The predicted octanol–water partition coefficient (Wildman–Crippen LogP) is 4.64. The van der Waals surface area contributed by atoms with Gasteiger partial charge in [-0.25, -0.2) is 15.0 Å². The number of aromatic nitrogens is 4. The molecule has 1 amide bonds. The van der Waals surface area contributed by atoms with Gasteiger partial charge in [0.05, 0.1) is 11.3 Å². The molecule has 0 radical (unpaired) electrons. The lowest BCUT2D eigenvalue weighted by Crippen LogP contribution is -2.43. The summed E-state index contributed by atoms with van der Waals surface area (Å²) in [7, 11) is 0. The zero-order valence-corrected chi connectivity index (χ0v) is 19.6. The number of nitrogens with one attached hydrogen (secondary N) is 1. The number of carbonyl (C=O) groups excluding carboxylic acids is 1. The number of nitrogens with zero attached hydrogens (tertiary/aromatic N) is 4. The van der Waals surface area contributed by atoms with E-state index in [-0.39, 0.29) is 5.54 Å². The second-order valence-corrected chi connectivity index (χ2v) is 9.15. The van der Waals surface area contributed by atoms with Crippen molar-refractivity contribution in [1.82, 2.24) is 19.5 Å². The van der Waals surface area contributed by atoms with Crippen molar-refractivity contribution in [2.75, 3.05) is 11.1 Å². The van der Waals surface area contributed by atoms with E-state index in [1.54, 1.807) is 6.20 Å². The summed E-state index contributed by atoms with van der Waals surface area (Å²) in [6.07, 6.45) is 5.48. The number of fused-ring (bicyclic) bond motifs is 1. The minimum atomic E-state index is -0.238. The molecule has 0 atom stereocenters. The van der Waals surface area contributed by atoms with Crippen LogP contribution in [-0.2, 0) is 10.3 Å². The van der Waals surface area contributed by atoms with Crippen LogP contribution in [0.4, 0.5) is 11.5 Å². The zero-order valence-electron chi connectivity index (χ0n) is 19.6. The van der Waals surface area contributed by atoms with Gasteiger partial charge in [0.15, 0.2) is 11.5 Å². The van der Waals surface area contributed by atoms with Crippen LogP contribution in [0.25, 0.3) is 39.5 Å². The van der Waals surface area contributed by atoms with E-state index in [2.05, 4.69) is 34.6 Å². The summed E-state index contributed by atoms with van der Waals surface area (Å²) in [5.74, 6) is 1.06. The fourth-order valence-corrected chi connectivity index (χ4v) is 4.78. The van der Waals surface area contributed by atoms with E-state index in [1.807, 2.05) is 53.1 Å². The maximum absolute atomic E-state index is 10.9. The molecule has 3 aromatic heterocycles. The minimum absolute atomic E-state index is 0.238. The average Bonchev–Trinajstić information content (AvgIpc) is 3.26. The van der Waals surface area contributed by atoms with Gasteiger partial charge in [-0.1, -0.05) is 24.3 Å². The van der Waals surface area contributed by atoms with Crippen molar-refractivity contribution in [1.29, 1.82) is 0 Å². The van der Waals surface area contributed by atoms with E-state index < -0.39 is 0 Å². The summed E-state index contributed by atoms with van der Waals surface area (Å²) < 4.78 is 2.01. The molecule has 2 aromatic carbocycles.